The normalized spacial score (nSPS) is 12.6. The van der Waals surface area contributed by atoms with Gasteiger partial charge in [-0.25, -0.2) is 0 Å². The minimum absolute atomic E-state index is 0.195. The van der Waals surface area contributed by atoms with Crippen LogP contribution in [0.25, 0.3) is 22.3 Å². The van der Waals surface area contributed by atoms with E-state index in [1.54, 1.807) is 0 Å². The van der Waals surface area contributed by atoms with Crippen LogP contribution in [-0.4, -0.2) is 50.0 Å². The van der Waals surface area contributed by atoms with Crippen LogP contribution in [0.15, 0.2) is 60.7 Å². The Hall–Kier alpha value is -3.22. The van der Waals surface area contributed by atoms with Gasteiger partial charge in [-0.15, -0.1) is 0 Å². The zero-order chi connectivity index (χ0) is 25.0. The Morgan fingerprint density at radius 2 is 1.69 bits per heavy atom. The van der Waals surface area contributed by atoms with Crippen LogP contribution in [0.2, 0.25) is 5.02 Å². The number of hydrogen-bond acceptors (Lipinski definition) is 6. The van der Waals surface area contributed by atoms with Crippen LogP contribution in [-0.2, 0) is 9.53 Å². The maximum atomic E-state index is 12.1. The molecule has 0 fully saturated rings. The number of halogens is 1. The Morgan fingerprint density at radius 3 is 2.46 bits per heavy atom. The number of carbonyl (C=O) groups excluding carboxylic acids is 1. The third kappa shape index (κ3) is 6.47. The van der Waals surface area contributed by atoms with E-state index >= 15 is 0 Å². The van der Waals surface area contributed by atoms with Crippen LogP contribution < -0.4 is 14.2 Å². The number of ether oxygens (including phenoxy) is 4. The van der Waals surface area contributed by atoms with Crippen molar-refractivity contribution >= 4 is 17.6 Å². The Kier molecular flexibility index (Phi) is 7.53. The molecular formula is C28H30ClNO5. The molecule has 35 heavy (non-hydrogen) atoms. The van der Waals surface area contributed by atoms with Gasteiger partial charge in [0.2, 0.25) is 6.79 Å². The van der Waals surface area contributed by atoms with Crippen LogP contribution in [0.1, 0.15) is 20.8 Å². The molecule has 184 valence electrons. The highest BCUT2D eigenvalue weighted by Gasteiger charge is 2.19. The molecule has 0 spiro atoms. The van der Waals surface area contributed by atoms with E-state index in [1.165, 1.54) is 0 Å². The van der Waals surface area contributed by atoms with E-state index in [-0.39, 0.29) is 19.3 Å². The first-order valence-electron chi connectivity index (χ1n) is 11.5. The number of hydrogen-bond donors (Lipinski definition) is 0. The topological polar surface area (TPSA) is 57.2 Å². The second-order valence-electron chi connectivity index (χ2n) is 9.43. The number of rotatable bonds is 8. The van der Waals surface area contributed by atoms with Crippen LogP contribution in [0.4, 0.5) is 0 Å². The van der Waals surface area contributed by atoms with Crippen molar-refractivity contribution < 1.29 is 23.7 Å². The standard InChI is InChI=1S/C28H30ClNO5/c1-28(2,3)35-27(31)17-30(4)13-14-32-24-11-9-19(15-22(24)21-7-5-6-8-23(21)29)20-10-12-25-26(16-20)34-18-33-25/h5-12,15-16H,13-14,17-18H2,1-4H3. The van der Waals surface area contributed by atoms with Gasteiger partial charge in [0, 0.05) is 22.7 Å². The van der Waals surface area contributed by atoms with Gasteiger partial charge in [-0.05, 0) is 69.3 Å². The molecule has 0 radical (unpaired) electrons. The lowest BCUT2D eigenvalue weighted by atomic mass is 9.98. The second kappa shape index (κ2) is 10.6. The molecule has 1 heterocycles. The lowest BCUT2D eigenvalue weighted by Crippen LogP contribution is -2.34. The number of likely N-dealkylation sites (N-methyl/N-ethyl adjacent to an activating group) is 1. The van der Waals surface area contributed by atoms with E-state index in [2.05, 4.69) is 6.07 Å². The van der Waals surface area contributed by atoms with Crippen LogP contribution in [0, 0.1) is 0 Å². The highest BCUT2D eigenvalue weighted by atomic mass is 35.5. The molecule has 0 unspecified atom stereocenters. The van der Waals surface area contributed by atoms with Crippen molar-refractivity contribution in [2.24, 2.45) is 0 Å². The van der Waals surface area contributed by atoms with Crippen LogP contribution in [0.5, 0.6) is 17.2 Å². The number of nitrogens with zero attached hydrogens (tertiary/aromatic N) is 1. The molecule has 4 rings (SSSR count). The summed E-state index contributed by atoms with van der Waals surface area (Å²) in [7, 11) is 1.87. The molecule has 0 saturated carbocycles. The molecule has 0 N–H and O–H groups in total. The molecule has 6 nitrogen and oxygen atoms in total. The number of fused-ring (bicyclic) bond motifs is 1. The molecule has 0 atom stereocenters. The SMILES string of the molecule is CN(CCOc1ccc(-c2ccc3c(c2)OCO3)cc1-c1ccccc1Cl)CC(=O)OC(C)(C)C. The first-order chi connectivity index (χ1) is 16.7. The molecule has 0 bridgehead atoms. The summed E-state index contributed by atoms with van der Waals surface area (Å²) < 4.78 is 22.5. The quantitative estimate of drug-likeness (QED) is 0.354. The van der Waals surface area contributed by atoms with Crippen molar-refractivity contribution in [2.45, 2.75) is 26.4 Å². The van der Waals surface area contributed by atoms with Gasteiger partial charge in [0.05, 0.1) is 6.54 Å². The summed E-state index contributed by atoms with van der Waals surface area (Å²) in [4.78, 5) is 14.0. The lowest BCUT2D eigenvalue weighted by Gasteiger charge is -2.22. The third-order valence-corrected chi connectivity index (χ3v) is 5.73. The monoisotopic (exact) mass is 495 g/mol. The first-order valence-corrected chi connectivity index (χ1v) is 11.9. The lowest BCUT2D eigenvalue weighted by molar-refractivity contribution is -0.155. The zero-order valence-electron chi connectivity index (χ0n) is 20.5. The molecule has 0 amide bonds. The fraction of sp³-hybridized carbons (Fsp3) is 0.321. The van der Waals surface area contributed by atoms with E-state index in [1.807, 2.05) is 87.3 Å². The average Bonchev–Trinajstić information content (AvgIpc) is 3.26. The Morgan fingerprint density at radius 1 is 0.971 bits per heavy atom. The second-order valence-corrected chi connectivity index (χ2v) is 9.84. The van der Waals surface area contributed by atoms with Crippen LogP contribution in [0.3, 0.4) is 0 Å². The van der Waals surface area contributed by atoms with Gasteiger partial charge >= 0.3 is 5.97 Å². The van der Waals surface area contributed by atoms with Gasteiger partial charge in [-0.2, -0.15) is 0 Å². The molecule has 3 aromatic carbocycles. The van der Waals surface area contributed by atoms with Gasteiger partial charge < -0.3 is 18.9 Å². The average molecular weight is 496 g/mol. The number of benzene rings is 3. The van der Waals surface area contributed by atoms with Crippen molar-refractivity contribution in [3.63, 3.8) is 0 Å². The fourth-order valence-electron chi connectivity index (χ4n) is 3.79. The van der Waals surface area contributed by atoms with E-state index in [9.17, 15) is 4.79 Å². The van der Waals surface area contributed by atoms with Crippen molar-refractivity contribution in [3.8, 4) is 39.5 Å². The van der Waals surface area contributed by atoms with Gasteiger partial charge in [-0.1, -0.05) is 41.9 Å². The molecular weight excluding hydrogens is 466 g/mol. The van der Waals surface area contributed by atoms with Gasteiger partial charge in [0.1, 0.15) is 18.0 Å². The van der Waals surface area contributed by atoms with Gasteiger partial charge in [-0.3, -0.25) is 9.69 Å². The Bertz CT molecular complexity index is 1200. The minimum atomic E-state index is -0.502. The van der Waals surface area contributed by atoms with E-state index < -0.39 is 5.60 Å². The van der Waals surface area contributed by atoms with E-state index in [0.717, 1.165) is 33.8 Å². The summed E-state index contributed by atoms with van der Waals surface area (Å²) in [6.07, 6.45) is 0. The predicted molar refractivity (Wildman–Crippen MR) is 137 cm³/mol. The van der Waals surface area contributed by atoms with Gasteiger partial charge in [0.15, 0.2) is 11.5 Å². The highest BCUT2D eigenvalue weighted by Crippen LogP contribution is 2.40. The predicted octanol–water partition coefficient (Wildman–Crippen LogP) is 6.06. The number of esters is 1. The van der Waals surface area contributed by atoms with E-state index in [4.69, 9.17) is 30.5 Å². The zero-order valence-corrected chi connectivity index (χ0v) is 21.2. The van der Waals surface area contributed by atoms with Crippen LogP contribution >= 0.6 is 11.6 Å². The van der Waals surface area contributed by atoms with Crippen molar-refractivity contribution in [2.75, 3.05) is 33.5 Å². The first kappa shape index (κ1) is 24.9. The maximum Gasteiger partial charge on any atom is 0.320 e. The largest absolute Gasteiger partial charge is 0.492 e. The number of carbonyl (C=O) groups is 1. The minimum Gasteiger partial charge on any atom is -0.492 e. The Labute approximate surface area is 211 Å². The van der Waals surface area contributed by atoms with Gasteiger partial charge in [0.25, 0.3) is 0 Å². The molecule has 0 aliphatic carbocycles. The molecule has 1 aliphatic heterocycles. The van der Waals surface area contributed by atoms with Crippen molar-refractivity contribution in [1.29, 1.82) is 0 Å². The molecule has 0 aromatic heterocycles. The summed E-state index contributed by atoms with van der Waals surface area (Å²) in [5.74, 6) is 1.93. The highest BCUT2D eigenvalue weighted by molar-refractivity contribution is 6.33. The van der Waals surface area contributed by atoms with E-state index in [0.29, 0.717) is 23.9 Å². The smallest absolute Gasteiger partial charge is 0.320 e. The Balaban J connectivity index is 1.52. The maximum absolute atomic E-state index is 12.1. The third-order valence-electron chi connectivity index (χ3n) is 5.40. The molecule has 3 aromatic rings. The summed E-state index contributed by atoms with van der Waals surface area (Å²) in [6.45, 7) is 6.97. The molecule has 1 aliphatic rings. The summed E-state index contributed by atoms with van der Waals surface area (Å²) in [5.41, 5.74) is 3.28. The van der Waals surface area contributed by atoms with Crippen molar-refractivity contribution in [3.05, 3.63) is 65.7 Å². The summed E-state index contributed by atoms with van der Waals surface area (Å²) in [5, 5.41) is 0.641. The summed E-state index contributed by atoms with van der Waals surface area (Å²) >= 11 is 6.55. The van der Waals surface area contributed by atoms with Crippen molar-refractivity contribution in [1.82, 2.24) is 4.90 Å². The fourth-order valence-corrected chi connectivity index (χ4v) is 4.02. The molecule has 7 heteroatoms. The summed E-state index contributed by atoms with van der Waals surface area (Å²) in [6, 6.07) is 19.6. The molecule has 0 saturated heterocycles.